The summed E-state index contributed by atoms with van der Waals surface area (Å²) in [7, 11) is 0. The second-order valence-electron chi connectivity index (χ2n) is 10.3. The first-order valence-electron chi connectivity index (χ1n) is 13.5. The Bertz CT molecular complexity index is 1180. The molecule has 0 spiro atoms. The largest absolute Gasteiger partial charge is 0.442 e. The Morgan fingerprint density at radius 2 is 1.85 bits per heavy atom. The second kappa shape index (κ2) is 12.4. The van der Waals surface area contributed by atoms with Crippen LogP contribution in [-0.2, 0) is 14.3 Å². The van der Waals surface area contributed by atoms with Gasteiger partial charge in [0.1, 0.15) is 17.7 Å². The smallest absolute Gasteiger partial charge is 0.407 e. The van der Waals surface area contributed by atoms with Crippen molar-refractivity contribution < 1.29 is 27.9 Å². The van der Waals surface area contributed by atoms with E-state index in [0.29, 0.717) is 31.9 Å². The molecule has 0 radical (unpaired) electrons. The first-order valence-corrected chi connectivity index (χ1v) is 13.5. The quantitative estimate of drug-likeness (QED) is 0.358. The van der Waals surface area contributed by atoms with Gasteiger partial charge in [0.15, 0.2) is 0 Å². The summed E-state index contributed by atoms with van der Waals surface area (Å²) >= 11 is 0. The summed E-state index contributed by atoms with van der Waals surface area (Å²) in [6.07, 6.45) is 9.83. The number of likely N-dealkylation sites (tertiary alicyclic amines) is 1. The molecule has 0 aromatic heterocycles. The number of anilines is 1. The first-order chi connectivity index (χ1) is 18.7. The minimum absolute atomic E-state index is 0.0372. The standard InChI is InChI=1S/C29H36F2N4O4/c1-4-6-7-20(9-8-18(3)5-2)35-16-22(17-35)39-29(38)32-19-14-34(15-19)21-12-24(30)27(25(31)13-21)23-10-11-26(36)33-28(23)37/h5,7-9,12-13,19,22-23H,4,6,10-11,14-17H2,1-3H3,(H,32,38)(H,33,36,37)/b9-8-,18-5-,20-7-. The van der Waals surface area contributed by atoms with Gasteiger partial charge in [-0.05, 0) is 44.9 Å². The minimum atomic E-state index is -1.04. The average Bonchev–Trinajstić information content (AvgIpc) is 2.84. The minimum Gasteiger partial charge on any atom is -0.442 e. The number of unbranched alkanes of at least 4 members (excludes halogenated alkanes) is 1. The molecule has 3 amide bonds. The molecule has 4 rings (SSSR count). The molecule has 3 saturated heterocycles. The van der Waals surface area contributed by atoms with Crippen LogP contribution in [0, 0.1) is 11.6 Å². The van der Waals surface area contributed by atoms with Crippen LogP contribution in [0.4, 0.5) is 19.3 Å². The van der Waals surface area contributed by atoms with Gasteiger partial charge in [0, 0.05) is 36.5 Å². The molecule has 3 aliphatic heterocycles. The zero-order chi connectivity index (χ0) is 28.1. The molecule has 2 N–H and O–H groups in total. The fourth-order valence-electron chi connectivity index (χ4n) is 4.82. The topological polar surface area (TPSA) is 91.0 Å². The number of carbonyl (C=O) groups excluding carboxylic acids is 3. The number of hydrogen-bond donors (Lipinski definition) is 2. The van der Waals surface area contributed by atoms with E-state index in [1.807, 2.05) is 19.9 Å². The van der Waals surface area contributed by atoms with Gasteiger partial charge in [0.2, 0.25) is 11.8 Å². The van der Waals surface area contributed by atoms with Gasteiger partial charge in [0.25, 0.3) is 0 Å². The number of hydrogen-bond acceptors (Lipinski definition) is 6. The van der Waals surface area contributed by atoms with E-state index < -0.39 is 35.5 Å². The lowest BCUT2D eigenvalue weighted by Crippen LogP contribution is -2.61. The predicted octanol–water partition coefficient (Wildman–Crippen LogP) is 4.29. The lowest BCUT2D eigenvalue weighted by atomic mass is 9.89. The SMILES string of the molecule is C\C=C(C)/C=C\C(=C\CCC)N1CC(OC(=O)NC2CN(c3cc(F)c(C4CCC(=O)NC4=O)c(F)c3)C2)C1. The number of imide groups is 1. The van der Waals surface area contributed by atoms with Gasteiger partial charge < -0.3 is 19.9 Å². The number of halogens is 2. The van der Waals surface area contributed by atoms with Gasteiger partial charge in [-0.15, -0.1) is 0 Å². The maximum Gasteiger partial charge on any atom is 0.407 e. The highest BCUT2D eigenvalue weighted by atomic mass is 19.1. The molecule has 3 heterocycles. The molecular weight excluding hydrogens is 506 g/mol. The van der Waals surface area contributed by atoms with Crippen molar-refractivity contribution in [2.75, 3.05) is 31.1 Å². The number of nitrogens with zero attached hydrogens (tertiary/aromatic N) is 2. The molecule has 39 heavy (non-hydrogen) atoms. The predicted molar refractivity (Wildman–Crippen MR) is 144 cm³/mol. The van der Waals surface area contributed by atoms with Gasteiger partial charge in [-0.2, -0.15) is 0 Å². The normalized spacial score (nSPS) is 21.1. The summed E-state index contributed by atoms with van der Waals surface area (Å²) in [5, 5.41) is 4.94. The van der Waals surface area contributed by atoms with E-state index in [1.54, 1.807) is 4.90 Å². The first kappa shape index (κ1) is 28.3. The molecule has 3 fully saturated rings. The summed E-state index contributed by atoms with van der Waals surface area (Å²) in [5.74, 6) is -3.82. The Labute approximate surface area is 227 Å². The van der Waals surface area contributed by atoms with Gasteiger partial charge >= 0.3 is 6.09 Å². The van der Waals surface area contributed by atoms with Crippen LogP contribution in [0.2, 0.25) is 0 Å². The Morgan fingerprint density at radius 3 is 2.46 bits per heavy atom. The zero-order valence-corrected chi connectivity index (χ0v) is 22.6. The van der Waals surface area contributed by atoms with Crippen LogP contribution in [0.15, 0.2) is 47.7 Å². The van der Waals surface area contributed by atoms with Crippen LogP contribution in [0.25, 0.3) is 0 Å². The number of nitrogens with one attached hydrogen (secondary N) is 2. The molecule has 0 saturated carbocycles. The summed E-state index contributed by atoms with van der Waals surface area (Å²) in [6, 6.07) is 2.17. The van der Waals surface area contributed by atoms with Crippen molar-refractivity contribution in [3.63, 3.8) is 0 Å². The number of rotatable bonds is 9. The molecule has 210 valence electrons. The fraction of sp³-hybridized carbons (Fsp3) is 0.483. The van der Waals surface area contributed by atoms with E-state index in [-0.39, 0.29) is 30.6 Å². The summed E-state index contributed by atoms with van der Waals surface area (Å²) < 4.78 is 35.2. The van der Waals surface area contributed by atoms with Crippen LogP contribution in [0.1, 0.15) is 57.9 Å². The maximum absolute atomic E-state index is 14.8. The number of amides is 3. The van der Waals surface area contributed by atoms with Crippen molar-refractivity contribution in [1.29, 1.82) is 0 Å². The van der Waals surface area contributed by atoms with Gasteiger partial charge in [0.05, 0.1) is 25.0 Å². The molecular formula is C29H36F2N4O4. The number of allylic oxidation sites excluding steroid dienone is 5. The fourth-order valence-corrected chi connectivity index (χ4v) is 4.82. The lowest BCUT2D eigenvalue weighted by molar-refractivity contribution is -0.134. The third kappa shape index (κ3) is 6.85. The Hall–Kier alpha value is -3.69. The Kier molecular flexibility index (Phi) is 9.04. The highest BCUT2D eigenvalue weighted by Crippen LogP contribution is 2.33. The lowest BCUT2D eigenvalue weighted by Gasteiger charge is -2.43. The van der Waals surface area contributed by atoms with Gasteiger partial charge in [-0.25, -0.2) is 13.6 Å². The average molecular weight is 543 g/mol. The van der Waals surface area contributed by atoms with E-state index in [4.69, 9.17) is 4.74 Å². The van der Waals surface area contributed by atoms with Crippen molar-refractivity contribution in [2.45, 2.75) is 64.5 Å². The van der Waals surface area contributed by atoms with E-state index in [9.17, 15) is 23.2 Å². The summed E-state index contributed by atoms with van der Waals surface area (Å²) in [4.78, 5) is 39.7. The third-order valence-corrected chi connectivity index (χ3v) is 7.32. The molecule has 1 aromatic rings. The number of carbonyl (C=O) groups is 3. The second-order valence-corrected chi connectivity index (χ2v) is 10.3. The Morgan fingerprint density at radius 1 is 1.15 bits per heavy atom. The highest BCUT2D eigenvalue weighted by molar-refractivity contribution is 6.01. The molecule has 8 nitrogen and oxygen atoms in total. The summed E-state index contributed by atoms with van der Waals surface area (Å²) in [5.41, 5.74) is 2.30. The molecule has 1 aromatic carbocycles. The van der Waals surface area contributed by atoms with Crippen molar-refractivity contribution in [1.82, 2.24) is 15.5 Å². The molecule has 0 aliphatic carbocycles. The molecule has 10 heteroatoms. The maximum atomic E-state index is 14.8. The van der Waals surface area contributed by atoms with Crippen LogP contribution < -0.4 is 15.5 Å². The van der Waals surface area contributed by atoms with Crippen LogP contribution in [-0.4, -0.2) is 61.1 Å². The van der Waals surface area contributed by atoms with Crippen molar-refractivity contribution >= 4 is 23.6 Å². The van der Waals surface area contributed by atoms with Crippen molar-refractivity contribution in [3.8, 4) is 0 Å². The Balaban J connectivity index is 1.24. The van der Waals surface area contributed by atoms with Crippen LogP contribution in [0.3, 0.4) is 0 Å². The summed E-state index contributed by atoms with van der Waals surface area (Å²) in [6.45, 7) is 8.17. The third-order valence-electron chi connectivity index (χ3n) is 7.32. The number of alkyl carbamates (subject to hydrolysis) is 1. The number of benzene rings is 1. The highest BCUT2D eigenvalue weighted by Gasteiger charge is 2.36. The van der Waals surface area contributed by atoms with E-state index in [1.165, 1.54) is 17.7 Å². The molecule has 1 atom stereocenters. The van der Waals surface area contributed by atoms with E-state index in [2.05, 4.69) is 40.7 Å². The van der Waals surface area contributed by atoms with Crippen LogP contribution in [0.5, 0.6) is 0 Å². The van der Waals surface area contributed by atoms with Crippen LogP contribution >= 0.6 is 0 Å². The van der Waals surface area contributed by atoms with Gasteiger partial charge in [-0.1, -0.05) is 37.1 Å². The van der Waals surface area contributed by atoms with Gasteiger partial charge in [-0.3, -0.25) is 14.9 Å². The molecule has 3 aliphatic rings. The number of ether oxygens (including phenoxy) is 1. The van der Waals surface area contributed by atoms with Crippen molar-refractivity contribution in [2.24, 2.45) is 0 Å². The van der Waals surface area contributed by atoms with Crippen molar-refractivity contribution in [3.05, 3.63) is 64.9 Å². The monoisotopic (exact) mass is 542 g/mol. The zero-order valence-electron chi connectivity index (χ0n) is 22.6. The molecule has 1 unspecified atom stereocenters. The number of piperidine rings is 1. The molecule has 0 bridgehead atoms. The van der Waals surface area contributed by atoms with E-state index >= 15 is 0 Å². The van der Waals surface area contributed by atoms with E-state index in [0.717, 1.165) is 18.5 Å².